The van der Waals surface area contributed by atoms with Crippen molar-refractivity contribution in [1.29, 1.82) is 0 Å². The Morgan fingerprint density at radius 3 is 2.88 bits per heavy atom. The first-order valence-corrected chi connectivity index (χ1v) is 5.88. The average Bonchev–Trinajstić information content (AvgIpc) is 2.38. The summed E-state index contributed by atoms with van der Waals surface area (Å²) in [4.78, 5) is 0. The molecule has 86 valence electrons. The average molecular weight is 225 g/mol. The van der Waals surface area contributed by atoms with Crippen LogP contribution in [-0.2, 0) is 0 Å². The molecule has 0 spiro atoms. The van der Waals surface area contributed by atoms with E-state index >= 15 is 0 Å². The third-order valence-corrected chi connectivity index (χ3v) is 3.07. The Kier molecular flexibility index (Phi) is 2.48. The van der Waals surface area contributed by atoms with Crippen molar-refractivity contribution in [2.24, 2.45) is 0 Å². The minimum atomic E-state index is 0.241. The number of benzene rings is 2. The van der Waals surface area contributed by atoms with Crippen molar-refractivity contribution < 1.29 is 4.74 Å². The molecule has 0 amide bonds. The fourth-order valence-electron chi connectivity index (χ4n) is 2.18. The molecule has 1 unspecified atom stereocenters. The predicted molar refractivity (Wildman–Crippen MR) is 69.5 cm³/mol. The van der Waals surface area contributed by atoms with Crippen LogP contribution in [0.3, 0.4) is 0 Å². The molecule has 0 bridgehead atoms. The van der Waals surface area contributed by atoms with Gasteiger partial charge in [0.2, 0.25) is 0 Å². The van der Waals surface area contributed by atoms with Crippen LogP contribution in [0.4, 0.5) is 5.69 Å². The number of anilines is 1. The third-order valence-electron chi connectivity index (χ3n) is 3.07. The molecule has 1 atom stereocenters. The SMILES string of the molecule is Cc1cccc(C2COc3ccccc3N2)c1. The molecule has 0 radical (unpaired) electrons. The van der Waals surface area contributed by atoms with Crippen LogP contribution in [0.15, 0.2) is 48.5 Å². The highest BCUT2D eigenvalue weighted by atomic mass is 16.5. The predicted octanol–water partition coefficient (Wildman–Crippen LogP) is 3.54. The molecule has 17 heavy (non-hydrogen) atoms. The van der Waals surface area contributed by atoms with E-state index in [1.807, 2.05) is 18.2 Å². The van der Waals surface area contributed by atoms with Gasteiger partial charge in [-0.3, -0.25) is 0 Å². The standard InChI is InChI=1S/C15H15NO/c1-11-5-4-6-12(9-11)14-10-17-15-8-3-2-7-13(15)16-14/h2-9,14,16H,10H2,1H3. The summed E-state index contributed by atoms with van der Waals surface area (Å²) in [6.45, 7) is 2.79. The summed E-state index contributed by atoms with van der Waals surface area (Å²) < 4.78 is 5.77. The van der Waals surface area contributed by atoms with E-state index in [0.29, 0.717) is 6.61 Å². The van der Waals surface area contributed by atoms with Gasteiger partial charge in [0.1, 0.15) is 12.4 Å². The van der Waals surface area contributed by atoms with Crippen LogP contribution in [0.2, 0.25) is 0 Å². The second-order valence-corrected chi connectivity index (χ2v) is 4.42. The van der Waals surface area contributed by atoms with Gasteiger partial charge in [-0.15, -0.1) is 0 Å². The fourth-order valence-corrected chi connectivity index (χ4v) is 2.18. The van der Waals surface area contributed by atoms with Crippen LogP contribution in [0.25, 0.3) is 0 Å². The number of rotatable bonds is 1. The van der Waals surface area contributed by atoms with E-state index in [1.54, 1.807) is 0 Å². The van der Waals surface area contributed by atoms with Crippen molar-refractivity contribution in [3.05, 3.63) is 59.7 Å². The van der Waals surface area contributed by atoms with E-state index in [9.17, 15) is 0 Å². The van der Waals surface area contributed by atoms with Gasteiger partial charge in [0.05, 0.1) is 11.7 Å². The normalized spacial score (nSPS) is 17.8. The highest BCUT2D eigenvalue weighted by molar-refractivity contribution is 5.59. The molecule has 1 aliphatic rings. The Morgan fingerprint density at radius 2 is 2.00 bits per heavy atom. The Bertz CT molecular complexity index is 536. The first kappa shape index (κ1) is 10.2. The highest BCUT2D eigenvalue weighted by Gasteiger charge is 2.19. The molecule has 1 N–H and O–H groups in total. The fraction of sp³-hybridized carbons (Fsp3) is 0.200. The largest absolute Gasteiger partial charge is 0.489 e. The van der Waals surface area contributed by atoms with E-state index < -0.39 is 0 Å². The molecule has 2 heteroatoms. The molecule has 1 aliphatic heterocycles. The van der Waals surface area contributed by atoms with Gasteiger partial charge in [0.15, 0.2) is 0 Å². The van der Waals surface area contributed by atoms with E-state index in [2.05, 4.69) is 42.6 Å². The molecule has 2 nitrogen and oxygen atoms in total. The quantitative estimate of drug-likeness (QED) is 0.801. The lowest BCUT2D eigenvalue weighted by molar-refractivity contribution is 0.286. The zero-order valence-electron chi connectivity index (χ0n) is 9.81. The molecular formula is C15H15NO. The lowest BCUT2D eigenvalue weighted by Crippen LogP contribution is -2.23. The Hall–Kier alpha value is -1.96. The van der Waals surface area contributed by atoms with Gasteiger partial charge in [0, 0.05) is 0 Å². The van der Waals surface area contributed by atoms with Crippen LogP contribution in [0.1, 0.15) is 17.2 Å². The van der Waals surface area contributed by atoms with E-state index in [1.165, 1.54) is 11.1 Å². The lowest BCUT2D eigenvalue weighted by atomic mass is 10.0. The van der Waals surface area contributed by atoms with Crippen molar-refractivity contribution in [3.63, 3.8) is 0 Å². The molecular weight excluding hydrogens is 210 g/mol. The maximum absolute atomic E-state index is 5.77. The molecule has 1 heterocycles. The van der Waals surface area contributed by atoms with Gasteiger partial charge in [0.25, 0.3) is 0 Å². The van der Waals surface area contributed by atoms with Crippen molar-refractivity contribution >= 4 is 5.69 Å². The number of nitrogens with one attached hydrogen (secondary N) is 1. The molecule has 0 aromatic heterocycles. The van der Waals surface area contributed by atoms with Gasteiger partial charge in [-0.2, -0.15) is 0 Å². The van der Waals surface area contributed by atoms with Crippen molar-refractivity contribution in [2.45, 2.75) is 13.0 Å². The third kappa shape index (κ3) is 1.98. The molecule has 2 aromatic carbocycles. The zero-order valence-corrected chi connectivity index (χ0v) is 9.81. The summed E-state index contributed by atoms with van der Waals surface area (Å²) in [5, 5.41) is 3.52. The Morgan fingerprint density at radius 1 is 1.12 bits per heavy atom. The van der Waals surface area contributed by atoms with Gasteiger partial charge >= 0.3 is 0 Å². The Balaban J connectivity index is 1.89. The number of ether oxygens (including phenoxy) is 1. The second kappa shape index (κ2) is 4.13. The summed E-state index contributed by atoms with van der Waals surface area (Å²) in [5.74, 6) is 0.941. The molecule has 0 saturated carbocycles. The van der Waals surface area contributed by atoms with Crippen LogP contribution in [0.5, 0.6) is 5.75 Å². The minimum Gasteiger partial charge on any atom is -0.489 e. The molecule has 3 rings (SSSR count). The Labute approximate surface area is 101 Å². The number of hydrogen-bond acceptors (Lipinski definition) is 2. The van der Waals surface area contributed by atoms with Crippen molar-refractivity contribution in [3.8, 4) is 5.75 Å². The lowest BCUT2D eigenvalue weighted by Gasteiger charge is -2.27. The van der Waals surface area contributed by atoms with Gasteiger partial charge in [-0.25, -0.2) is 0 Å². The number of fused-ring (bicyclic) bond motifs is 1. The van der Waals surface area contributed by atoms with Crippen LogP contribution in [0, 0.1) is 6.92 Å². The number of hydrogen-bond donors (Lipinski definition) is 1. The van der Waals surface area contributed by atoms with E-state index in [4.69, 9.17) is 4.74 Å². The van der Waals surface area contributed by atoms with Crippen LogP contribution in [-0.4, -0.2) is 6.61 Å². The smallest absolute Gasteiger partial charge is 0.142 e. The van der Waals surface area contributed by atoms with Gasteiger partial charge in [-0.1, -0.05) is 42.0 Å². The maximum Gasteiger partial charge on any atom is 0.142 e. The molecule has 0 saturated heterocycles. The van der Waals surface area contributed by atoms with Gasteiger partial charge in [-0.05, 0) is 24.6 Å². The molecule has 0 aliphatic carbocycles. The summed E-state index contributed by atoms with van der Waals surface area (Å²) >= 11 is 0. The summed E-state index contributed by atoms with van der Waals surface area (Å²) in [6.07, 6.45) is 0. The first-order chi connectivity index (χ1) is 8.33. The highest BCUT2D eigenvalue weighted by Crippen LogP contribution is 2.33. The zero-order chi connectivity index (χ0) is 11.7. The van der Waals surface area contributed by atoms with E-state index in [0.717, 1.165) is 11.4 Å². The monoisotopic (exact) mass is 225 g/mol. The summed E-state index contributed by atoms with van der Waals surface area (Å²) in [6, 6.07) is 16.8. The molecule has 2 aromatic rings. The topological polar surface area (TPSA) is 21.3 Å². The maximum atomic E-state index is 5.77. The first-order valence-electron chi connectivity index (χ1n) is 5.88. The minimum absolute atomic E-state index is 0.241. The van der Waals surface area contributed by atoms with Gasteiger partial charge < -0.3 is 10.1 Å². The summed E-state index contributed by atoms with van der Waals surface area (Å²) in [7, 11) is 0. The van der Waals surface area contributed by atoms with Crippen molar-refractivity contribution in [1.82, 2.24) is 0 Å². The van der Waals surface area contributed by atoms with Crippen LogP contribution < -0.4 is 10.1 Å². The summed E-state index contributed by atoms with van der Waals surface area (Å²) in [5.41, 5.74) is 3.63. The molecule has 0 fully saturated rings. The van der Waals surface area contributed by atoms with E-state index in [-0.39, 0.29) is 6.04 Å². The van der Waals surface area contributed by atoms with Crippen LogP contribution >= 0.6 is 0 Å². The van der Waals surface area contributed by atoms with Crippen molar-refractivity contribution in [2.75, 3.05) is 11.9 Å². The number of para-hydroxylation sites is 2. The second-order valence-electron chi connectivity index (χ2n) is 4.42. The number of aryl methyl sites for hydroxylation is 1.